The number of nitrogens with zero attached hydrogens (tertiary/aromatic N) is 1. The minimum atomic E-state index is -1.99. The van der Waals surface area contributed by atoms with Crippen LogP contribution in [0.15, 0.2) is 60.7 Å². The number of carbonyl (C=O) groups excluding carboxylic acids is 1. The van der Waals surface area contributed by atoms with Crippen LogP contribution >= 0.6 is 0 Å². The first-order valence-corrected chi connectivity index (χ1v) is 7.87. The molecule has 0 aromatic heterocycles. The Kier molecular flexibility index (Phi) is 3.28. The van der Waals surface area contributed by atoms with E-state index in [1.54, 1.807) is 42.5 Å². The van der Waals surface area contributed by atoms with Crippen LogP contribution in [0.3, 0.4) is 0 Å². The van der Waals surface area contributed by atoms with Crippen molar-refractivity contribution in [2.45, 2.75) is 5.60 Å². The average molecular weight is 329 g/mol. The fourth-order valence-electron chi connectivity index (χ4n) is 3.57. The SMILES string of the molecule is C#CCN1C(=O)C(O)(c2c(O)ccc3ccccc23)c2ccccc21. The molecule has 0 saturated heterocycles. The largest absolute Gasteiger partial charge is 0.508 e. The second kappa shape index (κ2) is 5.37. The zero-order valence-electron chi connectivity index (χ0n) is 13.3. The number of benzene rings is 3. The molecule has 1 heterocycles. The van der Waals surface area contributed by atoms with E-state index < -0.39 is 11.5 Å². The van der Waals surface area contributed by atoms with E-state index in [0.717, 1.165) is 5.39 Å². The highest BCUT2D eigenvalue weighted by atomic mass is 16.3. The molecule has 4 nitrogen and oxygen atoms in total. The van der Waals surface area contributed by atoms with E-state index in [0.29, 0.717) is 16.6 Å². The number of phenolic OH excluding ortho intramolecular Hbond substituents is 1. The number of carbonyl (C=O) groups is 1. The molecule has 3 aromatic rings. The summed E-state index contributed by atoms with van der Waals surface area (Å²) < 4.78 is 0. The first kappa shape index (κ1) is 15.3. The molecule has 3 aromatic carbocycles. The average Bonchev–Trinajstić information content (AvgIpc) is 2.85. The molecule has 0 saturated carbocycles. The number of terminal acetylenes is 1. The summed E-state index contributed by atoms with van der Waals surface area (Å²) in [7, 11) is 0. The molecule has 1 aliphatic rings. The van der Waals surface area contributed by atoms with Crippen LogP contribution in [0.25, 0.3) is 10.8 Å². The lowest BCUT2D eigenvalue weighted by Crippen LogP contribution is -2.41. The lowest BCUT2D eigenvalue weighted by atomic mass is 9.84. The maximum absolute atomic E-state index is 13.1. The molecule has 2 N–H and O–H groups in total. The normalized spacial score (nSPS) is 19.0. The summed E-state index contributed by atoms with van der Waals surface area (Å²) in [6.07, 6.45) is 5.40. The molecule has 1 amide bonds. The third-order valence-corrected chi connectivity index (χ3v) is 4.66. The van der Waals surface area contributed by atoms with Crippen molar-refractivity contribution < 1.29 is 15.0 Å². The number of aliphatic hydroxyl groups is 1. The van der Waals surface area contributed by atoms with Crippen molar-refractivity contribution in [3.05, 3.63) is 71.8 Å². The quantitative estimate of drug-likeness (QED) is 0.711. The highest BCUT2D eigenvalue weighted by Crippen LogP contribution is 2.48. The Labute approximate surface area is 144 Å². The topological polar surface area (TPSA) is 60.8 Å². The Morgan fingerprint density at radius 3 is 2.56 bits per heavy atom. The molecule has 0 spiro atoms. The summed E-state index contributed by atoms with van der Waals surface area (Å²) in [5.74, 6) is 1.76. The van der Waals surface area contributed by atoms with Crippen molar-refractivity contribution >= 4 is 22.4 Å². The van der Waals surface area contributed by atoms with Gasteiger partial charge in [0, 0.05) is 11.1 Å². The minimum absolute atomic E-state index is 0.0453. The van der Waals surface area contributed by atoms with Gasteiger partial charge in [0.25, 0.3) is 5.91 Å². The summed E-state index contributed by atoms with van der Waals surface area (Å²) in [5.41, 5.74) is -0.831. The Morgan fingerprint density at radius 2 is 1.76 bits per heavy atom. The molecular formula is C21H15NO3. The van der Waals surface area contributed by atoms with Gasteiger partial charge in [-0.3, -0.25) is 9.69 Å². The van der Waals surface area contributed by atoms with Crippen molar-refractivity contribution in [2.24, 2.45) is 0 Å². The summed E-state index contributed by atoms with van der Waals surface area (Å²) in [6, 6.07) is 17.5. The fourth-order valence-corrected chi connectivity index (χ4v) is 3.57. The highest BCUT2D eigenvalue weighted by Gasteiger charge is 2.52. The number of hydrogen-bond acceptors (Lipinski definition) is 3. The van der Waals surface area contributed by atoms with Crippen LogP contribution in [-0.2, 0) is 10.4 Å². The van der Waals surface area contributed by atoms with Crippen LogP contribution < -0.4 is 4.90 Å². The third kappa shape index (κ3) is 1.97. The minimum Gasteiger partial charge on any atom is -0.508 e. The van der Waals surface area contributed by atoms with E-state index >= 15 is 0 Å². The smallest absolute Gasteiger partial charge is 0.269 e. The highest BCUT2D eigenvalue weighted by molar-refractivity contribution is 6.12. The van der Waals surface area contributed by atoms with E-state index in [1.807, 2.05) is 12.1 Å². The van der Waals surface area contributed by atoms with Crippen molar-refractivity contribution in [3.63, 3.8) is 0 Å². The third-order valence-electron chi connectivity index (χ3n) is 4.66. The number of aromatic hydroxyl groups is 1. The summed E-state index contributed by atoms with van der Waals surface area (Å²) in [4.78, 5) is 14.5. The van der Waals surface area contributed by atoms with E-state index in [-0.39, 0.29) is 17.9 Å². The molecule has 25 heavy (non-hydrogen) atoms. The number of hydrogen-bond donors (Lipinski definition) is 2. The van der Waals surface area contributed by atoms with Crippen LogP contribution in [0.5, 0.6) is 5.75 Å². The molecule has 4 rings (SSSR count). The van der Waals surface area contributed by atoms with Gasteiger partial charge in [0.05, 0.1) is 12.2 Å². The zero-order chi connectivity index (χ0) is 17.6. The molecule has 122 valence electrons. The second-order valence-electron chi connectivity index (χ2n) is 6.00. The van der Waals surface area contributed by atoms with Crippen LogP contribution in [0.4, 0.5) is 5.69 Å². The molecule has 1 atom stereocenters. The van der Waals surface area contributed by atoms with Gasteiger partial charge in [-0.1, -0.05) is 54.5 Å². The number of anilines is 1. The van der Waals surface area contributed by atoms with Crippen molar-refractivity contribution in [1.29, 1.82) is 0 Å². The van der Waals surface area contributed by atoms with Gasteiger partial charge in [0.1, 0.15) is 5.75 Å². The zero-order valence-corrected chi connectivity index (χ0v) is 13.3. The number of rotatable bonds is 2. The fraction of sp³-hybridized carbons (Fsp3) is 0.0952. The van der Waals surface area contributed by atoms with Crippen LogP contribution in [-0.4, -0.2) is 22.7 Å². The van der Waals surface area contributed by atoms with Crippen LogP contribution in [0.2, 0.25) is 0 Å². The summed E-state index contributed by atoms with van der Waals surface area (Å²) in [5, 5.41) is 23.5. The first-order valence-electron chi connectivity index (χ1n) is 7.87. The number of fused-ring (bicyclic) bond motifs is 2. The van der Waals surface area contributed by atoms with E-state index in [1.165, 1.54) is 11.0 Å². The van der Waals surface area contributed by atoms with Gasteiger partial charge in [0.2, 0.25) is 5.60 Å². The maximum atomic E-state index is 13.1. The molecule has 0 aliphatic carbocycles. The van der Waals surface area contributed by atoms with Crippen LogP contribution in [0, 0.1) is 12.3 Å². The molecule has 0 radical (unpaired) electrons. The molecule has 4 heteroatoms. The van der Waals surface area contributed by atoms with Crippen molar-refractivity contribution in [3.8, 4) is 18.1 Å². The lowest BCUT2D eigenvalue weighted by molar-refractivity contribution is -0.132. The molecule has 1 unspecified atom stereocenters. The van der Waals surface area contributed by atoms with E-state index in [4.69, 9.17) is 6.42 Å². The molecule has 1 aliphatic heterocycles. The van der Waals surface area contributed by atoms with Gasteiger partial charge in [-0.15, -0.1) is 6.42 Å². The molecule has 0 fully saturated rings. The van der Waals surface area contributed by atoms with Crippen LogP contribution in [0.1, 0.15) is 11.1 Å². The van der Waals surface area contributed by atoms with Gasteiger partial charge < -0.3 is 10.2 Å². The molecule has 0 bridgehead atoms. The predicted octanol–water partition coefficient (Wildman–Crippen LogP) is 2.76. The van der Waals surface area contributed by atoms with Gasteiger partial charge >= 0.3 is 0 Å². The van der Waals surface area contributed by atoms with Gasteiger partial charge in [-0.2, -0.15) is 0 Å². The standard InChI is InChI=1S/C21H15NO3/c1-2-13-22-17-10-6-5-9-16(17)21(25,20(22)24)19-15-8-4-3-7-14(15)11-12-18(19)23/h1,3-12,23,25H,13H2. The van der Waals surface area contributed by atoms with Crippen molar-refractivity contribution in [1.82, 2.24) is 0 Å². The Morgan fingerprint density at radius 1 is 1.04 bits per heavy atom. The van der Waals surface area contributed by atoms with Crippen molar-refractivity contribution in [2.75, 3.05) is 11.4 Å². The monoisotopic (exact) mass is 329 g/mol. The Hall–Kier alpha value is -3.29. The van der Waals surface area contributed by atoms with Gasteiger partial charge in [-0.25, -0.2) is 0 Å². The number of para-hydroxylation sites is 1. The Bertz CT molecular complexity index is 1050. The lowest BCUT2D eigenvalue weighted by Gasteiger charge is -2.25. The number of amides is 1. The maximum Gasteiger partial charge on any atom is 0.269 e. The molecular weight excluding hydrogens is 314 g/mol. The number of phenols is 1. The summed E-state index contributed by atoms with van der Waals surface area (Å²) >= 11 is 0. The summed E-state index contributed by atoms with van der Waals surface area (Å²) in [6.45, 7) is 0.0453. The first-order chi connectivity index (χ1) is 12.1. The van der Waals surface area contributed by atoms with Gasteiger partial charge in [0.15, 0.2) is 0 Å². The van der Waals surface area contributed by atoms with Gasteiger partial charge in [-0.05, 0) is 22.9 Å². The van der Waals surface area contributed by atoms with E-state index in [9.17, 15) is 15.0 Å². The Balaban J connectivity index is 2.08. The van der Waals surface area contributed by atoms with E-state index in [2.05, 4.69) is 5.92 Å². The second-order valence-corrected chi connectivity index (χ2v) is 6.00. The predicted molar refractivity (Wildman–Crippen MR) is 96.2 cm³/mol.